The summed E-state index contributed by atoms with van der Waals surface area (Å²) in [6.07, 6.45) is 20.4. The van der Waals surface area contributed by atoms with E-state index in [-0.39, 0.29) is 28.0 Å². The van der Waals surface area contributed by atoms with Crippen LogP contribution in [0.25, 0.3) is 0 Å². The first-order chi connectivity index (χ1) is 45.9. The molecule has 98 heavy (non-hydrogen) atoms. The number of methoxy groups -OCH3 is 2. The highest BCUT2D eigenvalue weighted by molar-refractivity contribution is 5.52. The van der Waals surface area contributed by atoms with Gasteiger partial charge in [-0.1, -0.05) is 141 Å². The van der Waals surface area contributed by atoms with E-state index in [1.807, 2.05) is 12.1 Å². The molecule has 7 aliphatic rings. The van der Waals surface area contributed by atoms with Crippen molar-refractivity contribution in [2.24, 2.45) is 41.4 Å². The van der Waals surface area contributed by atoms with E-state index in [0.29, 0.717) is 47.3 Å². The zero-order valence-electron chi connectivity index (χ0n) is 66.8. The highest BCUT2D eigenvalue weighted by Gasteiger charge is 2.40. The molecule has 0 saturated heterocycles. The zero-order valence-corrected chi connectivity index (χ0v) is 66.8. The molecule has 0 heterocycles. The van der Waals surface area contributed by atoms with Gasteiger partial charge in [-0.2, -0.15) is 0 Å². The Kier molecular flexibility index (Phi) is 26.2. The molecule has 8 atom stereocenters. The van der Waals surface area contributed by atoms with Crippen molar-refractivity contribution in [2.45, 2.75) is 338 Å². The van der Waals surface area contributed by atoms with Crippen molar-refractivity contribution >= 4 is 0 Å². The molecule has 7 heteroatoms. The fourth-order valence-corrected chi connectivity index (χ4v) is 14.3. The summed E-state index contributed by atoms with van der Waals surface area (Å²) in [6, 6.07) is 32.8. The van der Waals surface area contributed by atoms with Crippen molar-refractivity contribution in [1.29, 1.82) is 0 Å². The minimum Gasteiger partial charge on any atom is -0.493 e. The third-order valence-electron chi connectivity index (χ3n) is 21.6. The van der Waals surface area contributed by atoms with Crippen LogP contribution in [-0.4, -0.2) is 42.2 Å². The van der Waals surface area contributed by atoms with Crippen molar-refractivity contribution in [2.75, 3.05) is 14.2 Å². The smallest absolute Gasteiger partial charge is 0.165 e. The van der Waals surface area contributed by atoms with Gasteiger partial charge in [0.2, 0.25) is 0 Å². The zero-order chi connectivity index (χ0) is 72.0. The maximum Gasteiger partial charge on any atom is 0.165 e. The topological polar surface area (TPSA) is 64.6 Å². The average Bonchev–Trinajstić information content (AvgIpc) is 1.64. The van der Waals surface area contributed by atoms with E-state index in [0.717, 1.165) is 76.6 Å². The predicted octanol–water partition coefficient (Wildman–Crippen LogP) is 26.4. The number of benzene rings is 5. The third-order valence-corrected chi connectivity index (χ3v) is 21.6. The Bertz CT molecular complexity index is 3060. The van der Waals surface area contributed by atoms with Gasteiger partial charge >= 0.3 is 0 Å². The van der Waals surface area contributed by atoms with Gasteiger partial charge in [0, 0.05) is 11.1 Å². The first-order valence-corrected chi connectivity index (χ1v) is 39.1. The van der Waals surface area contributed by atoms with E-state index in [1.54, 1.807) is 14.2 Å². The predicted molar refractivity (Wildman–Crippen MR) is 414 cm³/mol. The van der Waals surface area contributed by atoms with Crippen LogP contribution in [0.1, 0.15) is 354 Å². The molecule has 5 aromatic rings. The SMILES string of the molecule is CC(c1cccc([C@@H](C)C2CC2)c1OC(C)(C)C)C1CC1.CC(c1cccc([C@H](C)C2CC2)c1OC(C)(C)C)C1CC1.CC[C@@H](C)c1cccc([C@@H](C)C2CC2)c1OC(C)(C)C.COc1cccc([C@@H](C)C2CC2)c1OC(C)(C)C.COc1cccc([C@H](C)C2CC2)c1OC(C)(C)C. The summed E-state index contributed by atoms with van der Waals surface area (Å²) in [7, 11) is 3.41. The van der Waals surface area contributed by atoms with Crippen LogP contribution in [-0.2, 0) is 0 Å². The summed E-state index contributed by atoms with van der Waals surface area (Å²) in [5.74, 6) is 17.9. The molecule has 12 rings (SSSR count). The Morgan fingerprint density at radius 3 is 0.602 bits per heavy atom. The van der Waals surface area contributed by atoms with E-state index in [4.69, 9.17) is 33.2 Å². The molecule has 7 aliphatic carbocycles. The highest BCUT2D eigenvalue weighted by atomic mass is 16.5. The van der Waals surface area contributed by atoms with Gasteiger partial charge in [0.1, 0.15) is 45.3 Å². The number of para-hydroxylation sites is 5. The van der Waals surface area contributed by atoms with Crippen molar-refractivity contribution in [3.05, 3.63) is 136 Å². The first kappa shape index (κ1) is 78.4. The highest BCUT2D eigenvalue weighted by Crippen LogP contribution is 2.55. The van der Waals surface area contributed by atoms with Crippen molar-refractivity contribution in [3.8, 4) is 40.2 Å². The lowest BCUT2D eigenvalue weighted by Gasteiger charge is -2.29. The summed E-state index contributed by atoms with van der Waals surface area (Å²) in [5.41, 5.74) is 10.3. The van der Waals surface area contributed by atoms with E-state index in [2.05, 4.69) is 245 Å². The molecule has 0 aliphatic heterocycles. The molecule has 0 spiro atoms. The van der Waals surface area contributed by atoms with Gasteiger partial charge in [-0.15, -0.1) is 0 Å². The van der Waals surface area contributed by atoms with Crippen LogP contribution < -0.4 is 33.2 Å². The molecule has 7 nitrogen and oxygen atoms in total. The normalized spacial score (nSPS) is 19.6. The summed E-state index contributed by atoms with van der Waals surface area (Å²) in [6.45, 7) is 52.9. The van der Waals surface area contributed by atoms with Gasteiger partial charge < -0.3 is 33.2 Å². The Morgan fingerprint density at radius 2 is 0.429 bits per heavy atom. The van der Waals surface area contributed by atoms with E-state index in [9.17, 15) is 0 Å². The summed E-state index contributed by atoms with van der Waals surface area (Å²) < 4.78 is 42.5. The van der Waals surface area contributed by atoms with Gasteiger partial charge in [-0.25, -0.2) is 0 Å². The molecule has 7 fully saturated rings. The van der Waals surface area contributed by atoms with Crippen molar-refractivity contribution in [1.82, 2.24) is 0 Å². The van der Waals surface area contributed by atoms with Crippen LogP contribution in [0.5, 0.6) is 40.2 Å². The van der Waals surface area contributed by atoms with E-state index in [1.165, 1.54) is 146 Å². The maximum atomic E-state index is 6.46. The fourth-order valence-electron chi connectivity index (χ4n) is 14.3. The average molecular weight is 1340 g/mol. The van der Waals surface area contributed by atoms with E-state index >= 15 is 0 Å². The molecule has 2 unspecified atom stereocenters. The molecular weight excluding hydrogens is 1200 g/mol. The summed E-state index contributed by atoms with van der Waals surface area (Å²) >= 11 is 0. The minimum absolute atomic E-state index is 0.128. The Balaban J connectivity index is 0.000000157. The molecule has 5 aromatic carbocycles. The molecule has 0 bridgehead atoms. The molecule has 0 aromatic heterocycles. The number of hydrogen-bond donors (Lipinski definition) is 0. The van der Waals surface area contributed by atoms with Crippen LogP contribution in [0.3, 0.4) is 0 Å². The fraction of sp³-hybridized carbons (Fsp3) is 0.670. The standard InChI is InChI=1S/2C20H30O.C19H30O.2C16H24O2/c2*1-13(15-9-10-15)17-7-6-8-18(14(2)16-11-12-16)19(17)21-20(3,4)5;1-7-13(2)16-9-8-10-17(14(3)15-11-12-15)18(16)20-19(4,5)6;2*1-11(12-9-10-12)13-7-6-8-14(17-5)15(13)18-16(2,3)4/h2*6-8,13-16H,9-12H2,1-5H3;8-10,13-15H,7,11-12H2,1-6H3;2*6-8,11-12H,9-10H2,1-5H3/t2*13-,14?;13-,14+;2*11-/m10110/s1. The number of rotatable bonds is 23. The lowest BCUT2D eigenvalue weighted by atomic mass is 9.88. The van der Waals surface area contributed by atoms with Gasteiger partial charge in [0.15, 0.2) is 23.0 Å². The maximum absolute atomic E-state index is 6.46. The monoisotopic (exact) mass is 1340 g/mol. The lowest BCUT2D eigenvalue weighted by Crippen LogP contribution is -2.25. The van der Waals surface area contributed by atoms with Gasteiger partial charge in [0.25, 0.3) is 0 Å². The van der Waals surface area contributed by atoms with Gasteiger partial charge in [-0.3, -0.25) is 0 Å². The second-order valence-corrected chi connectivity index (χ2v) is 36.3. The number of hydrogen-bond acceptors (Lipinski definition) is 7. The van der Waals surface area contributed by atoms with Gasteiger partial charge in [-0.05, 0) is 334 Å². The van der Waals surface area contributed by atoms with E-state index < -0.39 is 0 Å². The Morgan fingerprint density at radius 1 is 0.265 bits per heavy atom. The second kappa shape index (κ2) is 32.8. The van der Waals surface area contributed by atoms with Gasteiger partial charge in [0.05, 0.1) is 14.2 Å². The van der Waals surface area contributed by atoms with Crippen molar-refractivity contribution in [3.63, 3.8) is 0 Å². The minimum atomic E-state index is -0.202. The van der Waals surface area contributed by atoms with Crippen LogP contribution in [0.2, 0.25) is 0 Å². The largest absolute Gasteiger partial charge is 0.493 e. The quantitative estimate of drug-likeness (QED) is 0.0646. The van der Waals surface area contributed by atoms with Crippen LogP contribution in [0.4, 0.5) is 0 Å². The molecule has 0 radical (unpaired) electrons. The Labute approximate surface area is 599 Å². The second-order valence-electron chi connectivity index (χ2n) is 36.3. The van der Waals surface area contributed by atoms with Crippen LogP contribution >= 0.6 is 0 Å². The summed E-state index contributed by atoms with van der Waals surface area (Å²) in [5, 5.41) is 0. The molecule has 7 saturated carbocycles. The molecule has 0 N–H and O–H groups in total. The lowest BCUT2D eigenvalue weighted by molar-refractivity contribution is 0.123. The number of ether oxygens (including phenoxy) is 7. The summed E-state index contributed by atoms with van der Waals surface area (Å²) in [4.78, 5) is 0. The van der Waals surface area contributed by atoms with Crippen molar-refractivity contribution < 1.29 is 33.2 Å². The molecule has 0 amide bonds. The van der Waals surface area contributed by atoms with Crippen LogP contribution in [0.15, 0.2) is 91.0 Å². The van der Waals surface area contributed by atoms with Crippen LogP contribution in [0, 0.1) is 41.4 Å². The third kappa shape index (κ3) is 23.4. The first-order valence-electron chi connectivity index (χ1n) is 39.1. The molecule has 544 valence electrons. The Hall–Kier alpha value is -5.30. The molecular formula is C91H138O7.